The molecule has 0 spiro atoms. The molecule has 3 N–H and O–H groups in total. The van der Waals surface area contributed by atoms with Crippen LogP contribution >= 0.6 is 0 Å². The van der Waals surface area contributed by atoms with Gasteiger partial charge in [-0.05, 0) is 27.8 Å². The van der Waals surface area contributed by atoms with Crippen LogP contribution in [-0.2, 0) is 20.7 Å². The lowest BCUT2D eigenvalue weighted by atomic mass is 9.98. The fourth-order valence-electron chi connectivity index (χ4n) is 4.10. The normalized spacial score (nSPS) is 12.8. The van der Waals surface area contributed by atoms with Crippen molar-refractivity contribution in [2.24, 2.45) is 0 Å². The number of ether oxygens (including phenoxy) is 1. The van der Waals surface area contributed by atoms with E-state index in [1.807, 2.05) is 54.6 Å². The highest BCUT2D eigenvalue weighted by atomic mass is 16.5. The number of carboxylic acid groups (broad SMARTS) is 1. The number of benzene rings is 3. The largest absolute Gasteiger partial charge is 0.480 e. The van der Waals surface area contributed by atoms with Gasteiger partial charge in [-0.15, -0.1) is 0 Å². The van der Waals surface area contributed by atoms with Crippen molar-refractivity contribution in [2.75, 3.05) is 13.2 Å². The van der Waals surface area contributed by atoms with E-state index < -0.39 is 24.0 Å². The van der Waals surface area contributed by atoms with Crippen LogP contribution in [0.1, 0.15) is 22.6 Å². The predicted octanol–water partition coefficient (Wildman–Crippen LogP) is 3.34. The van der Waals surface area contributed by atoms with Gasteiger partial charge in [-0.1, -0.05) is 78.9 Å². The van der Waals surface area contributed by atoms with Crippen molar-refractivity contribution < 1.29 is 24.2 Å². The van der Waals surface area contributed by atoms with Crippen LogP contribution in [0.5, 0.6) is 0 Å². The molecule has 0 saturated heterocycles. The van der Waals surface area contributed by atoms with Gasteiger partial charge in [0.1, 0.15) is 19.2 Å². The second-order valence-electron chi connectivity index (χ2n) is 7.83. The van der Waals surface area contributed by atoms with Crippen LogP contribution in [0.15, 0.2) is 78.9 Å². The Kier molecular flexibility index (Phi) is 6.69. The van der Waals surface area contributed by atoms with Crippen LogP contribution in [0.3, 0.4) is 0 Å². The molecule has 0 saturated carbocycles. The molecule has 0 aliphatic heterocycles. The summed E-state index contributed by atoms with van der Waals surface area (Å²) in [5, 5.41) is 14.2. The summed E-state index contributed by atoms with van der Waals surface area (Å²) in [6.45, 7) is -0.248. The van der Waals surface area contributed by atoms with Crippen LogP contribution in [0.4, 0.5) is 4.79 Å². The topological polar surface area (TPSA) is 105 Å². The Bertz CT molecular complexity index is 1120. The lowest BCUT2D eigenvalue weighted by Crippen LogP contribution is -2.46. The summed E-state index contributed by atoms with van der Waals surface area (Å²) in [5.41, 5.74) is 5.22. The third kappa shape index (κ3) is 5.20. The zero-order valence-electron chi connectivity index (χ0n) is 17.9. The first-order chi connectivity index (χ1) is 16.0. The summed E-state index contributed by atoms with van der Waals surface area (Å²) in [7, 11) is 0. The molecule has 3 aromatic carbocycles. The highest BCUT2D eigenvalue weighted by molar-refractivity contribution is 5.87. The van der Waals surface area contributed by atoms with Crippen molar-refractivity contribution >= 4 is 18.0 Å². The molecule has 0 aromatic heterocycles. The van der Waals surface area contributed by atoms with Crippen LogP contribution < -0.4 is 10.6 Å². The van der Waals surface area contributed by atoms with Crippen LogP contribution in [0, 0.1) is 0 Å². The van der Waals surface area contributed by atoms with Crippen molar-refractivity contribution in [3.8, 4) is 11.1 Å². The Morgan fingerprint density at radius 1 is 0.848 bits per heavy atom. The number of amides is 2. The minimum atomic E-state index is -1.15. The number of hydrogen-bond acceptors (Lipinski definition) is 4. The maximum atomic E-state index is 12.2. The molecule has 168 valence electrons. The van der Waals surface area contributed by atoms with Crippen molar-refractivity contribution in [1.29, 1.82) is 0 Å². The number of aliphatic carboxylic acids is 1. The molecule has 0 radical (unpaired) electrons. The molecule has 0 bridgehead atoms. The zero-order chi connectivity index (χ0) is 23.2. The molecule has 0 heterocycles. The smallest absolute Gasteiger partial charge is 0.407 e. The first kappa shape index (κ1) is 22.1. The summed E-state index contributed by atoms with van der Waals surface area (Å²) < 4.78 is 5.39. The van der Waals surface area contributed by atoms with Crippen LogP contribution in [-0.4, -0.2) is 42.3 Å². The minimum absolute atomic E-state index is 0.0840. The molecule has 7 nitrogen and oxygen atoms in total. The van der Waals surface area contributed by atoms with E-state index in [1.54, 1.807) is 24.3 Å². The quantitative estimate of drug-likeness (QED) is 0.494. The van der Waals surface area contributed by atoms with Gasteiger partial charge in [0.2, 0.25) is 5.91 Å². The van der Waals surface area contributed by atoms with E-state index in [0.29, 0.717) is 0 Å². The van der Waals surface area contributed by atoms with Gasteiger partial charge in [0.15, 0.2) is 0 Å². The molecule has 7 heteroatoms. The van der Waals surface area contributed by atoms with E-state index in [4.69, 9.17) is 4.74 Å². The Hall–Kier alpha value is -4.13. The van der Waals surface area contributed by atoms with E-state index >= 15 is 0 Å². The van der Waals surface area contributed by atoms with Gasteiger partial charge in [-0.2, -0.15) is 0 Å². The molecule has 33 heavy (non-hydrogen) atoms. The molecule has 4 rings (SSSR count). The molecule has 2 amide bonds. The van der Waals surface area contributed by atoms with Crippen molar-refractivity contribution in [3.63, 3.8) is 0 Å². The van der Waals surface area contributed by atoms with Gasteiger partial charge in [0, 0.05) is 12.3 Å². The standard InChI is InChI=1S/C26H24N2O5/c29-24(28-23(25(30)31)14-17-8-2-1-3-9-17)15-27-26(32)33-16-22-20-12-6-4-10-18(20)19-11-5-7-13-21(19)22/h1-13,22-23H,14-16H2,(H,27,32)(H,28,29)(H,30,31)/t23-/m1/s1. The van der Waals surface area contributed by atoms with E-state index in [1.165, 1.54) is 0 Å². The van der Waals surface area contributed by atoms with Crippen molar-refractivity contribution in [3.05, 3.63) is 95.6 Å². The molecule has 3 aromatic rings. The SMILES string of the molecule is O=C(CNC(=O)OCC1c2ccccc2-c2ccccc21)N[C@H](Cc1ccccc1)C(=O)O. The zero-order valence-corrected chi connectivity index (χ0v) is 17.9. The first-order valence-electron chi connectivity index (χ1n) is 10.7. The van der Waals surface area contributed by atoms with Gasteiger partial charge >= 0.3 is 12.1 Å². The fraction of sp³-hybridized carbons (Fsp3) is 0.192. The summed E-state index contributed by atoms with van der Waals surface area (Å²) in [6.07, 6.45) is -0.589. The Labute approximate surface area is 191 Å². The summed E-state index contributed by atoms with van der Waals surface area (Å²) in [4.78, 5) is 35.9. The first-order valence-corrected chi connectivity index (χ1v) is 10.7. The number of carbonyl (C=O) groups excluding carboxylic acids is 2. The predicted molar refractivity (Wildman–Crippen MR) is 123 cm³/mol. The number of rotatable bonds is 8. The molecule has 1 aliphatic rings. The average molecular weight is 444 g/mol. The van der Waals surface area contributed by atoms with Crippen molar-refractivity contribution in [1.82, 2.24) is 10.6 Å². The van der Waals surface area contributed by atoms with Gasteiger partial charge in [0.05, 0.1) is 0 Å². The summed E-state index contributed by atoms with van der Waals surface area (Å²) in [6, 6.07) is 23.9. The number of carboxylic acids is 1. The van der Waals surface area contributed by atoms with Gasteiger partial charge in [-0.25, -0.2) is 9.59 Å². The second-order valence-corrected chi connectivity index (χ2v) is 7.83. The third-order valence-corrected chi connectivity index (χ3v) is 5.65. The maximum absolute atomic E-state index is 12.2. The second kappa shape index (κ2) is 9.99. The highest BCUT2D eigenvalue weighted by Crippen LogP contribution is 2.44. The minimum Gasteiger partial charge on any atom is -0.480 e. The third-order valence-electron chi connectivity index (χ3n) is 5.65. The van der Waals surface area contributed by atoms with Crippen LogP contribution in [0.2, 0.25) is 0 Å². The van der Waals surface area contributed by atoms with Gasteiger partial charge in [-0.3, -0.25) is 4.79 Å². The molecule has 0 unspecified atom stereocenters. The monoisotopic (exact) mass is 444 g/mol. The Balaban J connectivity index is 1.29. The lowest BCUT2D eigenvalue weighted by Gasteiger charge is -2.16. The van der Waals surface area contributed by atoms with Crippen LogP contribution in [0.25, 0.3) is 11.1 Å². The van der Waals surface area contributed by atoms with E-state index in [9.17, 15) is 19.5 Å². The number of carbonyl (C=O) groups is 3. The van der Waals surface area contributed by atoms with Crippen molar-refractivity contribution in [2.45, 2.75) is 18.4 Å². The highest BCUT2D eigenvalue weighted by Gasteiger charge is 2.29. The number of nitrogens with one attached hydrogen (secondary N) is 2. The molecule has 0 fully saturated rings. The fourth-order valence-corrected chi connectivity index (χ4v) is 4.10. The van der Waals surface area contributed by atoms with E-state index in [-0.39, 0.29) is 25.5 Å². The Morgan fingerprint density at radius 2 is 1.42 bits per heavy atom. The maximum Gasteiger partial charge on any atom is 0.407 e. The molecule has 1 aliphatic carbocycles. The summed E-state index contributed by atoms with van der Waals surface area (Å²) >= 11 is 0. The number of hydrogen-bond donors (Lipinski definition) is 3. The Morgan fingerprint density at radius 3 is 2.03 bits per heavy atom. The van der Waals surface area contributed by atoms with E-state index in [2.05, 4.69) is 10.6 Å². The summed E-state index contributed by atoms with van der Waals surface area (Å²) in [5.74, 6) is -1.83. The van der Waals surface area contributed by atoms with E-state index in [0.717, 1.165) is 27.8 Å². The van der Waals surface area contributed by atoms with Gasteiger partial charge < -0.3 is 20.5 Å². The van der Waals surface area contributed by atoms with Gasteiger partial charge in [0.25, 0.3) is 0 Å². The molecule has 1 atom stereocenters. The lowest BCUT2D eigenvalue weighted by molar-refractivity contribution is -0.141. The molecular formula is C26H24N2O5. The number of alkyl carbamates (subject to hydrolysis) is 1. The molecular weight excluding hydrogens is 420 g/mol. The number of fused-ring (bicyclic) bond motifs is 3. The average Bonchev–Trinajstić information content (AvgIpc) is 3.15.